The highest BCUT2D eigenvalue weighted by Crippen LogP contribution is 2.21. The lowest BCUT2D eigenvalue weighted by molar-refractivity contribution is -0.384. The molecule has 0 atom stereocenters. The van der Waals surface area contributed by atoms with Crippen molar-refractivity contribution in [3.8, 4) is 11.5 Å². The molecule has 0 bridgehead atoms. The number of ether oxygens (including phenoxy) is 2. The van der Waals surface area contributed by atoms with Crippen molar-refractivity contribution in [3.63, 3.8) is 0 Å². The second-order valence-corrected chi connectivity index (χ2v) is 6.11. The van der Waals surface area contributed by atoms with Crippen LogP contribution in [-0.2, 0) is 4.79 Å². The minimum Gasteiger partial charge on any atom is -0.497 e. The van der Waals surface area contributed by atoms with E-state index in [1.54, 1.807) is 12.0 Å². The van der Waals surface area contributed by atoms with Gasteiger partial charge in [-0.05, 0) is 36.4 Å². The predicted molar refractivity (Wildman–Crippen MR) is 100 cm³/mol. The summed E-state index contributed by atoms with van der Waals surface area (Å²) < 4.78 is 10.6. The maximum Gasteiger partial charge on any atom is 0.269 e. The zero-order valence-electron chi connectivity index (χ0n) is 15.0. The minimum atomic E-state index is -0.475. The van der Waals surface area contributed by atoms with Gasteiger partial charge in [0.25, 0.3) is 11.6 Å². The first-order valence-corrected chi connectivity index (χ1v) is 8.61. The van der Waals surface area contributed by atoms with Crippen LogP contribution in [0.2, 0.25) is 0 Å². The molecule has 27 heavy (non-hydrogen) atoms. The van der Waals surface area contributed by atoms with E-state index in [4.69, 9.17) is 9.47 Å². The molecule has 0 aromatic heterocycles. The van der Waals surface area contributed by atoms with Crippen molar-refractivity contribution in [2.75, 3.05) is 44.8 Å². The van der Waals surface area contributed by atoms with E-state index < -0.39 is 4.92 Å². The fraction of sp³-hybridized carbons (Fsp3) is 0.316. The fourth-order valence-electron chi connectivity index (χ4n) is 2.91. The summed E-state index contributed by atoms with van der Waals surface area (Å²) in [5, 5.41) is 10.6. The second-order valence-electron chi connectivity index (χ2n) is 6.11. The van der Waals surface area contributed by atoms with E-state index in [-0.39, 0.29) is 18.2 Å². The predicted octanol–water partition coefficient (Wildman–Crippen LogP) is 2.33. The molecule has 142 valence electrons. The van der Waals surface area contributed by atoms with Crippen LogP contribution in [0.1, 0.15) is 0 Å². The number of anilines is 1. The molecule has 1 heterocycles. The number of rotatable bonds is 6. The Labute approximate surface area is 157 Å². The summed E-state index contributed by atoms with van der Waals surface area (Å²) in [5.41, 5.74) is 1.09. The van der Waals surface area contributed by atoms with Crippen LogP contribution in [0, 0.1) is 10.1 Å². The van der Waals surface area contributed by atoms with Crippen molar-refractivity contribution in [1.82, 2.24) is 4.90 Å². The van der Waals surface area contributed by atoms with Crippen molar-refractivity contribution in [2.45, 2.75) is 0 Å². The summed E-state index contributed by atoms with van der Waals surface area (Å²) in [6, 6.07) is 13.6. The topological polar surface area (TPSA) is 85.2 Å². The van der Waals surface area contributed by atoms with Crippen molar-refractivity contribution < 1.29 is 19.2 Å². The van der Waals surface area contributed by atoms with Crippen LogP contribution in [0.3, 0.4) is 0 Å². The summed E-state index contributed by atoms with van der Waals surface area (Å²) in [6.07, 6.45) is 0. The number of methoxy groups -OCH3 is 1. The number of benzene rings is 2. The summed E-state index contributed by atoms with van der Waals surface area (Å²) in [7, 11) is 1.64. The number of hydrogen-bond acceptors (Lipinski definition) is 6. The summed E-state index contributed by atoms with van der Waals surface area (Å²) in [4.78, 5) is 26.5. The van der Waals surface area contributed by atoms with Gasteiger partial charge in [-0.3, -0.25) is 14.9 Å². The Morgan fingerprint density at radius 2 is 1.59 bits per heavy atom. The first-order valence-electron chi connectivity index (χ1n) is 8.61. The minimum absolute atomic E-state index is 0.0108. The van der Waals surface area contributed by atoms with Crippen molar-refractivity contribution >= 4 is 17.3 Å². The first kappa shape index (κ1) is 18.5. The number of nitrogens with zero attached hydrogens (tertiary/aromatic N) is 3. The van der Waals surface area contributed by atoms with Crippen molar-refractivity contribution in [3.05, 3.63) is 58.6 Å². The largest absolute Gasteiger partial charge is 0.497 e. The number of nitro benzene ring substituents is 1. The molecule has 1 saturated heterocycles. The zero-order valence-corrected chi connectivity index (χ0v) is 15.0. The SMILES string of the molecule is COc1ccc(N2CCN(C(=O)COc3ccc([N+](=O)[O-])cc3)CC2)cc1. The number of carbonyl (C=O) groups is 1. The summed E-state index contributed by atoms with van der Waals surface area (Å²) in [6.45, 7) is 2.65. The van der Waals surface area contributed by atoms with Gasteiger partial charge in [0.15, 0.2) is 6.61 Å². The number of nitro groups is 1. The molecular weight excluding hydrogens is 350 g/mol. The molecule has 8 nitrogen and oxygen atoms in total. The van der Waals surface area contributed by atoms with Gasteiger partial charge in [-0.15, -0.1) is 0 Å². The average Bonchev–Trinajstić information content (AvgIpc) is 2.72. The van der Waals surface area contributed by atoms with E-state index in [9.17, 15) is 14.9 Å². The molecule has 0 radical (unpaired) electrons. The maximum atomic E-state index is 12.3. The Balaban J connectivity index is 1.47. The molecule has 2 aromatic rings. The molecule has 1 aliphatic rings. The molecule has 1 aliphatic heterocycles. The van der Waals surface area contributed by atoms with Crippen LogP contribution in [-0.4, -0.2) is 55.6 Å². The van der Waals surface area contributed by atoms with E-state index >= 15 is 0 Å². The van der Waals surface area contributed by atoms with E-state index in [0.29, 0.717) is 18.8 Å². The molecular formula is C19H21N3O5. The van der Waals surface area contributed by atoms with Gasteiger partial charge < -0.3 is 19.3 Å². The van der Waals surface area contributed by atoms with Gasteiger partial charge in [-0.25, -0.2) is 0 Å². The number of piperazine rings is 1. The maximum absolute atomic E-state index is 12.3. The van der Waals surface area contributed by atoms with E-state index in [0.717, 1.165) is 24.5 Å². The lowest BCUT2D eigenvalue weighted by Crippen LogP contribution is -2.50. The van der Waals surface area contributed by atoms with Gasteiger partial charge in [0.2, 0.25) is 0 Å². The third-order valence-electron chi connectivity index (χ3n) is 4.48. The van der Waals surface area contributed by atoms with Gasteiger partial charge >= 0.3 is 0 Å². The van der Waals surface area contributed by atoms with E-state index in [2.05, 4.69) is 4.90 Å². The van der Waals surface area contributed by atoms with Crippen LogP contribution >= 0.6 is 0 Å². The third-order valence-corrected chi connectivity index (χ3v) is 4.48. The zero-order chi connectivity index (χ0) is 19.2. The fourth-order valence-corrected chi connectivity index (χ4v) is 2.91. The van der Waals surface area contributed by atoms with Crippen LogP contribution < -0.4 is 14.4 Å². The second kappa shape index (κ2) is 8.39. The lowest BCUT2D eigenvalue weighted by Gasteiger charge is -2.36. The van der Waals surface area contributed by atoms with Crippen LogP contribution in [0.25, 0.3) is 0 Å². The normalized spacial score (nSPS) is 14.0. The number of hydrogen-bond donors (Lipinski definition) is 0. The number of amides is 1. The Kier molecular flexibility index (Phi) is 5.75. The molecule has 0 aliphatic carbocycles. The van der Waals surface area contributed by atoms with Gasteiger partial charge in [0, 0.05) is 44.0 Å². The first-order chi connectivity index (χ1) is 13.1. The summed E-state index contributed by atoms with van der Waals surface area (Å²) in [5.74, 6) is 1.16. The molecule has 1 fully saturated rings. The van der Waals surface area contributed by atoms with Crippen molar-refractivity contribution in [2.24, 2.45) is 0 Å². The third kappa shape index (κ3) is 4.66. The van der Waals surface area contributed by atoms with Crippen LogP contribution in [0.15, 0.2) is 48.5 Å². The smallest absolute Gasteiger partial charge is 0.269 e. The monoisotopic (exact) mass is 371 g/mol. The van der Waals surface area contributed by atoms with Crippen molar-refractivity contribution in [1.29, 1.82) is 0 Å². The molecule has 1 amide bonds. The number of carbonyl (C=O) groups excluding carboxylic acids is 1. The number of non-ortho nitro benzene ring substituents is 1. The van der Waals surface area contributed by atoms with E-state index in [1.165, 1.54) is 24.3 Å². The molecule has 8 heteroatoms. The Morgan fingerprint density at radius 1 is 1.00 bits per heavy atom. The van der Waals surface area contributed by atoms with Crippen LogP contribution in [0.5, 0.6) is 11.5 Å². The van der Waals surface area contributed by atoms with Gasteiger partial charge in [0.05, 0.1) is 12.0 Å². The van der Waals surface area contributed by atoms with Crippen LogP contribution in [0.4, 0.5) is 11.4 Å². The van der Waals surface area contributed by atoms with Gasteiger partial charge in [0.1, 0.15) is 11.5 Å². The molecule has 0 spiro atoms. The quantitative estimate of drug-likeness (QED) is 0.572. The highest BCUT2D eigenvalue weighted by atomic mass is 16.6. The highest BCUT2D eigenvalue weighted by Gasteiger charge is 2.21. The molecule has 0 saturated carbocycles. The van der Waals surface area contributed by atoms with Gasteiger partial charge in [-0.2, -0.15) is 0 Å². The van der Waals surface area contributed by atoms with E-state index in [1.807, 2.05) is 24.3 Å². The molecule has 0 N–H and O–H groups in total. The Hall–Kier alpha value is -3.29. The van der Waals surface area contributed by atoms with Gasteiger partial charge in [-0.1, -0.05) is 0 Å². The lowest BCUT2D eigenvalue weighted by atomic mass is 10.2. The molecule has 3 rings (SSSR count). The average molecular weight is 371 g/mol. The Bertz CT molecular complexity index is 784. The molecule has 0 unspecified atom stereocenters. The standard InChI is InChI=1S/C19H21N3O5/c1-26-17-6-2-15(3-7-17)20-10-12-21(13-11-20)19(23)14-27-18-8-4-16(5-9-18)22(24)25/h2-9H,10-14H2,1H3. The highest BCUT2D eigenvalue weighted by molar-refractivity contribution is 5.78. The molecule has 2 aromatic carbocycles. The Morgan fingerprint density at radius 3 is 2.15 bits per heavy atom. The summed E-state index contributed by atoms with van der Waals surface area (Å²) >= 11 is 0.